The number of benzene rings is 1. The topological polar surface area (TPSA) is 107 Å². The first-order valence-corrected chi connectivity index (χ1v) is 11.2. The fourth-order valence-corrected chi connectivity index (χ4v) is 5.55. The molecule has 31 heavy (non-hydrogen) atoms. The van der Waals surface area contributed by atoms with Crippen LogP contribution in [0.3, 0.4) is 0 Å². The van der Waals surface area contributed by atoms with E-state index in [9.17, 15) is 9.90 Å². The zero-order chi connectivity index (χ0) is 21.5. The van der Waals surface area contributed by atoms with Gasteiger partial charge in [-0.15, -0.1) is 15.9 Å². The van der Waals surface area contributed by atoms with Crippen molar-refractivity contribution in [3.05, 3.63) is 47.4 Å². The maximum atomic E-state index is 12.0. The van der Waals surface area contributed by atoms with Gasteiger partial charge in [0.2, 0.25) is 0 Å². The third-order valence-electron chi connectivity index (χ3n) is 6.12. The summed E-state index contributed by atoms with van der Waals surface area (Å²) in [5, 5.41) is 10.5. The summed E-state index contributed by atoms with van der Waals surface area (Å²) in [4.78, 5) is 21.2. The lowest BCUT2D eigenvalue weighted by Crippen LogP contribution is -2.31. The molecule has 3 aromatic heterocycles. The van der Waals surface area contributed by atoms with Crippen LogP contribution in [-0.4, -0.2) is 39.4 Å². The molecule has 8 nitrogen and oxygen atoms in total. The van der Waals surface area contributed by atoms with Gasteiger partial charge in [-0.2, -0.15) is 4.68 Å². The third-order valence-corrected chi connectivity index (χ3v) is 7.30. The molecule has 0 bridgehead atoms. The van der Waals surface area contributed by atoms with Crippen molar-refractivity contribution in [2.45, 2.75) is 31.6 Å². The summed E-state index contributed by atoms with van der Waals surface area (Å²) >= 11 is 1.70. The Kier molecular flexibility index (Phi) is 5.07. The molecule has 1 aliphatic carbocycles. The van der Waals surface area contributed by atoms with Crippen molar-refractivity contribution in [2.24, 2.45) is 11.7 Å². The van der Waals surface area contributed by atoms with Gasteiger partial charge in [0.25, 0.3) is 5.91 Å². The molecular formula is C22H24N5O3S+. The van der Waals surface area contributed by atoms with Gasteiger partial charge in [-0.1, -0.05) is 0 Å². The van der Waals surface area contributed by atoms with E-state index in [1.807, 2.05) is 23.0 Å². The molecule has 160 valence electrons. The second-order valence-electron chi connectivity index (χ2n) is 7.98. The molecule has 1 amide bonds. The van der Waals surface area contributed by atoms with Gasteiger partial charge in [0, 0.05) is 24.7 Å². The smallest absolute Gasteiger partial charge is 0.361 e. The van der Waals surface area contributed by atoms with Crippen LogP contribution in [0.1, 0.15) is 47.0 Å². The SMILES string of the molecule is COc1cc2nc(C3CCC(CO)CC3)sc2cc1-n1cc(C(N)=O)c2nccc[n+]21. The number of rotatable bonds is 5. The van der Waals surface area contributed by atoms with Crippen LogP contribution in [-0.2, 0) is 0 Å². The summed E-state index contributed by atoms with van der Waals surface area (Å²) in [5.74, 6) is 0.970. The number of aromatic nitrogens is 4. The van der Waals surface area contributed by atoms with Crippen LogP contribution in [0.15, 0.2) is 36.8 Å². The van der Waals surface area contributed by atoms with E-state index in [2.05, 4.69) is 4.98 Å². The molecule has 3 heterocycles. The lowest BCUT2D eigenvalue weighted by atomic mass is 9.83. The van der Waals surface area contributed by atoms with Crippen molar-refractivity contribution in [1.82, 2.24) is 14.6 Å². The van der Waals surface area contributed by atoms with Crippen molar-refractivity contribution in [1.29, 1.82) is 0 Å². The number of hydrogen-bond acceptors (Lipinski definition) is 6. The number of ether oxygens (including phenoxy) is 1. The minimum Gasteiger partial charge on any atom is -0.494 e. The first-order valence-electron chi connectivity index (χ1n) is 10.4. The minimum atomic E-state index is -0.534. The van der Waals surface area contributed by atoms with E-state index in [-0.39, 0.29) is 6.61 Å². The number of carbonyl (C=O) groups excluding carboxylic acids is 1. The summed E-state index contributed by atoms with van der Waals surface area (Å²) in [7, 11) is 1.62. The Morgan fingerprint density at radius 2 is 2.16 bits per heavy atom. The van der Waals surface area contributed by atoms with Gasteiger partial charge in [-0.05, 0) is 42.7 Å². The average molecular weight is 439 g/mol. The predicted molar refractivity (Wildman–Crippen MR) is 117 cm³/mol. The van der Waals surface area contributed by atoms with Gasteiger partial charge < -0.3 is 15.6 Å². The Morgan fingerprint density at radius 1 is 1.35 bits per heavy atom. The highest BCUT2D eigenvalue weighted by Crippen LogP contribution is 2.40. The molecule has 0 unspecified atom stereocenters. The Hall–Kier alpha value is -3.04. The van der Waals surface area contributed by atoms with Gasteiger partial charge in [0.15, 0.2) is 5.56 Å². The number of primary amides is 1. The number of fused-ring (bicyclic) bond motifs is 2. The number of thiazole rings is 1. The van der Waals surface area contributed by atoms with E-state index in [1.165, 1.54) is 0 Å². The lowest BCUT2D eigenvalue weighted by molar-refractivity contribution is -0.600. The van der Waals surface area contributed by atoms with E-state index in [1.54, 1.807) is 41.4 Å². The van der Waals surface area contributed by atoms with E-state index in [4.69, 9.17) is 15.5 Å². The number of aliphatic hydroxyl groups excluding tert-OH is 1. The van der Waals surface area contributed by atoms with Crippen LogP contribution in [0.4, 0.5) is 0 Å². The molecule has 9 heteroatoms. The lowest BCUT2D eigenvalue weighted by Gasteiger charge is -2.25. The van der Waals surface area contributed by atoms with Gasteiger partial charge in [-0.25, -0.2) is 4.98 Å². The zero-order valence-corrected chi connectivity index (χ0v) is 18.0. The third kappa shape index (κ3) is 3.43. The number of methoxy groups -OCH3 is 1. The molecule has 0 saturated heterocycles. The van der Waals surface area contributed by atoms with Crippen LogP contribution >= 0.6 is 11.3 Å². The number of nitrogens with zero attached hydrogens (tertiary/aromatic N) is 4. The van der Waals surface area contributed by atoms with E-state index < -0.39 is 5.91 Å². The van der Waals surface area contributed by atoms with Crippen molar-refractivity contribution >= 4 is 33.1 Å². The standard InChI is InChI=1S/C22H23N5O3S/c1-30-18-9-16-19(31-22(25-16)14-5-3-13(12-28)4-6-14)10-17(18)27-11-15(20(23)29)21-24-7-2-8-26(21)27/h2,7-11,13-14,28H,3-6,12H2,1H3,(H-,23,29)/p+1. The quantitative estimate of drug-likeness (QED) is 0.466. The van der Waals surface area contributed by atoms with Crippen LogP contribution in [0.2, 0.25) is 0 Å². The second kappa shape index (κ2) is 7.90. The van der Waals surface area contributed by atoms with Gasteiger partial charge in [0.1, 0.15) is 23.8 Å². The summed E-state index contributed by atoms with van der Waals surface area (Å²) < 4.78 is 10.3. The number of nitrogens with two attached hydrogens (primary N) is 1. The second-order valence-corrected chi connectivity index (χ2v) is 9.05. The largest absolute Gasteiger partial charge is 0.494 e. The van der Waals surface area contributed by atoms with Gasteiger partial charge in [0.05, 0.1) is 28.5 Å². The highest BCUT2D eigenvalue weighted by Gasteiger charge is 2.26. The molecular weight excluding hydrogens is 414 g/mol. The molecule has 0 atom stereocenters. The molecule has 4 aromatic rings. The molecule has 0 aliphatic heterocycles. The van der Waals surface area contributed by atoms with Crippen molar-refractivity contribution in [3.63, 3.8) is 0 Å². The fraction of sp³-hybridized carbons (Fsp3) is 0.364. The summed E-state index contributed by atoms with van der Waals surface area (Å²) in [6.07, 6.45) is 9.35. The average Bonchev–Trinajstić information content (AvgIpc) is 3.39. The summed E-state index contributed by atoms with van der Waals surface area (Å²) in [5.41, 5.74) is 8.09. The van der Waals surface area contributed by atoms with Crippen LogP contribution in [0.25, 0.3) is 21.6 Å². The first kappa shape index (κ1) is 19.9. The maximum Gasteiger partial charge on any atom is 0.361 e. The first-order chi connectivity index (χ1) is 15.1. The molecule has 1 aromatic carbocycles. The number of carbonyl (C=O) groups is 1. The van der Waals surface area contributed by atoms with Crippen LogP contribution in [0.5, 0.6) is 5.75 Å². The Morgan fingerprint density at radius 3 is 2.87 bits per heavy atom. The fourth-order valence-electron chi connectivity index (χ4n) is 4.40. The monoisotopic (exact) mass is 438 g/mol. The van der Waals surface area contributed by atoms with Gasteiger partial charge >= 0.3 is 5.65 Å². The molecule has 3 N–H and O–H groups in total. The van der Waals surface area contributed by atoms with E-state index in [0.29, 0.717) is 28.8 Å². The molecule has 5 rings (SSSR count). The van der Waals surface area contributed by atoms with Gasteiger partial charge in [-0.3, -0.25) is 4.79 Å². The predicted octanol–water partition coefficient (Wildman–Crippen LogP) is 2.59. The van der Waals surface area contributed by atoms with Crippen molar-refractivity contribution in [3.8, 4) is 11.4 Å². The van der Waals surface area contributed by atoms with Crippen LogP contribution < -0.4 is 15.0 Å². The highest BCUT2D eigenvalue weighted by atomic mass is 32.1. The Labute approximate surface area is 182 Å². The zero-order valence-electron chi connectivity index (χ0n) is 17.2. The molecule has 0 radical (unpaired) electrons. The highest BCUT2D eigenvalue weighted by molar-refractivity contribution is 7.18. The van der Waals surface area contributed by atoms with E-state index >= 15 is 0 Å². The van der Waals surface area contributed by atoms with Crippen molar-refractivity contribution in [2.75, 3.05) is 13.7 Å². The van der Waals surface area contributed by atoms with Crippen molar-refractivity contribution < 1.29 is 19.2 Å². The summed E-state index contributed by atoms with van der Waals surface area (Å²) in [6, 6.07) is 5.78. The maximum absolute atomic E-state index is 12.0. The molecule has 0 spiro atoms. The number of aliphatic hydroxyl groups is 1. The number of amides is 1. The molecule has 1 aliphatic rings. The Balaban J connectivity index is 1.60. The van der Waals surface area contributed by atoms with Crippen LogP contribution in [0, 0.1) is 5.92 Å². The normalized spacial score (nSPS) is 19.2. The number of hydrogen-bond donors (Lipinski definition) is 2. The molecule has 1 saturated carbocycles. The molecule has 1 fully saturated rings. The minimum absolute atomic E-state index is 0.276. The van der Waals surface area contributed by atoms with E-state index in [0.717, 1.165) is 46.6 Å². The summed E-state index contributed by atoms with van der Waals surface area (Å²) in [6.45, 7) is 0.276. The Bertz CT molecular complexity index is 1270.